The molecule has 0 amide bonds. The highest BCUT2D eigenvalue weighted by Gasteiger charge is 2.26. The molecule has 0 radical (unpaired) electrons. The topological polar surface area (TPSA) is 51.6 Å². The van der Waals surface area contributed by atoms with Crippen LogP contribution in [-0.4, -0.2) is 59.7 Å². The molecule has 6 heteroatoms. The Bertz CT molecular complexity index is 519. The Morgan fingerprint density at radius 1 is 1.25 bits per heavy atom. The molecule has 0 unspecified atom stereocenters. The third-order valence-electron chi connectivity index (χ3n) is 4.67. The maximum absolute atomic E-state index is 5.83. The fraction of sp³-hybridized carbons (Fsp3) is 0.833. The Morgan fingerprint density at radius 2 is 1.88 bits per heavy atom. The molecule has 0 spiro atoms. The Hall–Kier alpha value is -1.11. The lowest BCUT2D eigenvalue weighted by Crippen LogP contribution is -2.51. The molecule has 1 aromatic heterocycles. The maximum atomic E-state index is 5.83. The summed E-state index contributed by atoms with van der Waals surface area (Å²) in [5.74, 6) is 1.24. The van der Waals surface area contributed by atoms with E-state index in [9.17, 15) is 0 Å². The van der Waals surface area contributed by atoms with E-state index in [1.165, 1.54) is 5.56 Å². The van der Waals surface area contributed by atoms with Crippen molar-refractivity contribution in [1.29, 1.82) is 0 Å². The van der Waals surface area contributed by atoms with E-state index < -0.39 is 0 Å². The first-order chi connectivity index (χ1) is 11.3. The van der Waals surface area contributed by atoms with Gasteiger partial charge in [-0.25, -0.2) is 4.68 Å². The second-order valence-corrected chi connectivity index (χ2v) is 7.34. The van der Waals surface area contributed by atoms with Crippen molar-refractivity contribution in [1.82, 2.24) is 20.0 Å². The van der Waals surface area contributed by atoms with E-state index in [-0.39, 0.29) is 0 Å². The predicted molar refractivity (Wildman–Crippen MR) is 96.6 cm³/mol. The monoisotopic (exact) mass is 338 g/mol. The van der Waals surface area contributed by atoms with E-state index >= 15 is 0 Å². The van der Waals surface area contributed by atoms with Crippen LogP contribution in [0.5, 0.6) is 5.88 Å². The summed E-state index contributed by atoms with van der Waals surface area (Å²) in [4.78, 5) is 2.51. The summed E-state index contributed by atoms with van der Waals surface area (Å²) >= 11 is 0. The fourth-order valence-electron chi connectivity index (χ4n) is 3.57. The Labute approximate surface area is 146 Å². The number of hydrogen-bond donors (Lipinski definition) is 1. The van der Waals surface area contributed by atoms with Gasteiger partial charge in [0.15, 0.2) is 0 Å². The molecule has 2 rings (SSSR count). The van der Waals surface area contributed by atoms with E-state index in [0.29, 0.717) is 24.2 Å². The van der Waals surface area contributed by atoms with Crippen molar-refractivity contribution in [2.75, 3.05) is 26.7 Å². The molecular formula is C18H34N4O2. The lowest BCUT2D eigenvalue weighted by molar-refractivity contribution is -0.0781. The lowest BCUT2D eigenvalue weighted by atomic mass is 10.1. The number of ether oxygens (including phenoxy) is 2. The first-order valence-electron chi connectivity index (χ1n) is 9.03. The summed E-state index contributed by atoms with van der Waals surface area (Å²) in [6.07, 6.45) is 0.615. The molecule has 1 aromatic rings. The molecular weight excluding hydrogens is 304 g/mol. The highest BCUT2D eigenvalue weighted by atomic mass is 16.5. The van der Waals surface area contributed by atoms with Gasteiger partial charge in [-0.15, -0.1) is 0 Å². The normalized spacial score (nSPS) is 23.7. The summed E-state index contributed by atoms with van der Waals surface area (Å²) in [6, 6.07) is 0.476. The number of morpholine rings is 1. The van der Waals surface area contributed by atoms with Crippen LogP contribution in [0, 0.1) is 0 Å². The van der Waals surface area contributed by atoms with Gasteiger partial charge >= 0.3 is 0 Å². The van der Waals surface area contributed by atoms with Crippen molar-refractivity contribution in [3.05, 3.63) is 11.3 Å². The number of nitrogens with one attached hydrogen (secondary N) is 1. The van der Waals surface area contributed by atoms with Gasteiger partial charge in [-0.1, -0.05) is 13.8 Å². The van der Waals surface area contributed by atoms with Crippen LogP contribution in [0.1, 0.15) is 51.8 Å². The van der Waals surface area contributed by atoms with Gasteiger partial charge in [0, 0.05) is 39.3 Å². The summed E-state index contributed by atoms with van der Waals surface area (Å²) < 4.78 is 13.2. The van der Waals surface area contributed by atoms with Crippen LogP contribution < -0.4 is 10.1 Å². The van der Waals surface area contributed by atoms with Gasteiger partial charge in [-0.05, 0) is 26.7 Å². The molecule has 1 aliphatic rings. The average Bonchev–Trinajstić information content (AvgIpc) is 2.82. The smallest absolute Gasteiger partial charge is 0.216 e. The molecule has 24 heavy (non-hydrogen) atoms. The molecule has 3 atom stereocenters. The molecule has 1 fully saturated rings. The second kappa shape index (κ2) is 8.32. The van der Waals surface area contributed by atoms with Crippen LogP contribution in [-0.2, 0) is 18.3 Å². The van der Waals surface area contributed by atoms with Gasteiger partial charge in [-0.3, -0.25) is 4.90 Å². The quantitative estimate of drug-likeness (QED) is 0.825. The average molecular weight is 338 g/mol. The van der Waals surface area contributed by atoms with E-state index in [1.807, 2.05) is 11.7 Å². The number of nitrogens with zero attached hydrogens (tertiary/aromatic N) is 3. The van der Waals surface area contributed by atoms with Gasteiger partial charge < -0.3 is 14.8 Å². The van der Waals surface area contributed by atoms with E-state index in [4.69, 9.17) is 9.47 Å². The Balaban J connectivity index is 1.94. The molecule has 0 aromatic carbocycles. The molecule has 1 saturated heterocycles. The minimum Gasteiger partial charge on any atom is -0.481 e. The first-order valence-corrected chi connectivity index (χ1v) is 9.03. The number of rotatable bonds is 7. The van der Waals surface area contributed by atoms with E-state index in [2.05, 4.69) is 49.9 Å². The van der Waals surface area contributed by atoms with Crippen LogP contribution in [0.15, 0.2) is 0 Å². The van der Waals surface area contributed by atoms with Crippen LogP contribution >= 0.6 is 0 Å². The number of methoxy groups -OCH3 is 1. The Kier molecular flexibility index (Phi) is 6.66. The minimum absolute atomic E-state index is 0.308. The fourth-order valence-corrected chi connectivity index (χ4v) is 3.57. The third kappa shape index (κ3) is 4.49. The number of hydrogen-bond acceptors (Lipinski definition) is 5. The number of aromatic nitrogens is 2. The minimum atomic E-state index is 0.308. The summed E-state index contributed by atoms with van der Waals surface area (Å²) in [5.41, 5.74) is 2.29. The molecule has 0 aliphatic carbocycles. The predicted octanol–water partition coefficient (Wildman–Crippen LogP) is 2.14. The molecule has 1 N–H and O–H groups in total. The molecule has 6 nitrogen and oxygen atoms in total. The summed E-state index contributed by atoms with van der Waals surface area (Å²) in [5, 5.41) is 8.21. The van der Waals surface area contributed by atoms with Crippen molar-refractivity contribution in [2.45, 2.75) is 65.3 Å². The van der Waals surface area contributed by atoms with Crippen molar-refractivity contribution in [3.8, 4) is 5.88 Å². The second-order valence-electron chi connectivity index (χ2n) is 7.34. The highest BCUT2D eigenvalue weighted by molar-refractivity contribution is 5.33. The molecule has 1 aliphatic heterocycles. The zero-order valence-electron chi connectivity index (χ0n) is 16.3. The van der Waals surface area contributed by atoms with Crippen molar-refractivity contribution >= 4 is 0 Å². The van der Waals surface area contributed by atoms with E-state index in [0.717, 1.165) is 37.8 Å². The largest absolute Gasteiger partial charge is 0.481 e. The van der Waals surface area contributed by atoms with Crippen molar-refractivity contribution in [3.63, 3.8) is 0 Å². The summed E-state index contributed by atoms with van der Waals surface area (Å²) in [6.45, 7) is 14.6. The molecule has 0 saturated carbocycles. The first kappa shape index (κ1) is 19.2. The Morgan fingerprint density at radius 3 is 2.42 bits per heavy atom. The van der Waals surface area contributed by atoms with E-state index in [1.54, 1.807) is 7.11 Å². The third-order valence-corrected chi connectivity index (χ3v) is 4.67. The van der Waals surface area contributed by atoms with Gasteiger partial charge in [-0.2, -0.15) is 5.10 Å². The van der Waals surface area contributed by atoms with Gasteiger partial charge in [0.2, 0.25) is 5.88 Å². The van der Waals surface area contributed by atoms with Crippen LogP contribution in [0.3, 0.4) is 0 Å². The zero-order valence-corrected chi connectivity index (χ0v) is 16.3. The van der Waals surface area contributed by atoms with Gasteiger partial charge in [0.25, 0.3) is 0 Å². The van der Waals surface area contributed by atoms with Crippen molar-refractivity contribution in [2.24, 2.45) is 7.05 Å². The van der Waals surface area contributed by atoms with Gasteiger partial charge in [0.05, 0.1) is 30.6 Å². The van der Waals surface area contributed by atoms with Gasteiger partial charge in [0.1, 0.15) is 0 Å². The van der Waals surface area contributed by atoms with Crippen LogP contribution in [0.2, 0.25) is 0 Å². The lowest BCUT2D eigenvalue weighted by Gasteiger charge is -2.39. The standard InChI is InChI=1S/C18H34N4O2/c1-12(2)17-16(18(23-7)21(6)20-17)9-19-8-13(3)22-10-14(4)24-15(5)11-22/h12-15,19H,8-11H2,1-7H3/t13-,14+,15+/m0/s1. The molecule has 2 heterocycles. The molecule has 0 bridgehead atoms. The van der Waals surface area contributed by atoms with Crippen LogP contribution in [0.4, 0.5) is 0 Å². The highest BCUT2D eigenvalue weighted by Crippen LogP contribution is 2.26. The van der Waals surface area contributed by atoms with Crippen molar-refractivity contribution < 1.29 is 9.47 Å². The number of aryl methyl sites for hydroxylation is 1. The zero-order chi connectivity index (χ0) is 17.9. The SMILES string of the molecule is COc1c(CNC[C@H](C)N2C[C@@H](C)O[C@H](C)C2)c(C(C)C)nn1C. The molecule has 138 valence electrons. The maximum Gasteiger partial charge on any atom is 0.216 e. The summed E-state index contributed by atoms with van der Waals surface area (Å²) in [7, 11) is 3.65. The van der Waals surface area contributed by atoms with Crippen LogP contribution in [0.25, 0.3) is 0 Å².